The summed E-state index contributed by atoms with van der Waals surface area (Å²) in [5.74, 6) is 2.63. The van der Waals surface area contributed by atoms with E-state index in [0.29, 0.717) is 11.1 Å². The molecule has 94 valence electrons. The van der Waals surface area contributed by atoms with Gasteiger partial charge in [0.05, 0.1) is 10.8 Å². The van der Waals surface area contributed by atoms with E-state index in [0.717, 1.165) is 23.5 Å². The summed E-state index contributed by atoms with van der Waals surface area (Å²) >= 11 is 1.91. The zero-order chi connectivity index (χ0) is 12.4. The van der Waals surface area contributed by atoms with Gasteiger partial charge >= 0.3 is 0 Å². The Balaban J connectivity index is 1.92. The monoisotopic (exact) mass is 261 g/mol. The van der Waals surface area contributed by atoms with Gasteiger partial charge in [-0.1, -0.05) is 17.3 Å². The Hall–Kier alpha value is -1.49. The van der Waals surface area contributed by atoms with E-state index in [1.165, 1.54) is 12.2 Å². The van der Waals surface area contributed by atoms with E-state index in [1.807, 2.05) is 43.1 Å². The average molecular weight is 261 g/mol. The van der Waals surface area contributed by atoms with Crippen molar-refractivity contribution < 1.29 is 4.52 Å². The van der Waals surface area contributed by atoms with Gasteiger partial charge in [0.25, 0.3) is 5.89 Å². The SMILES string of the molecule is CNc1ccccc1-c1nc(C2CCCS2)no1. The molecule has 1 N–H and O–H groups in total. The summed E-state index contributed by atoms with van der Waals surface area (Å²) in [5, 5.41) is 7.66. The van der Waals surface area contributed by atoms with Crippen molar-refractivity contribution in [1.82, 2.24) is 10.1 Å². The third kappa shape index (κ3) is 2.10. The van der Waals surface area contributed by atoms with E-state index in [2.05, 4.69) is 15.5 Å². The molecule has 1 aliphatic heterocycles. The number of nitrogens with zero attached hydrogens (tertiary/aromatic N) is 2. The van der Waals surface area contributed by atoms with Gasteiger partial charge in [0, 0.05) is 12.7 Å². The number of rotatable bonds is 3. The summed E-state index contributed by atoms with van der Waals surface area (Å²) in [7, 11) is 1.89. The quantitative estimate of drug-likeness (QED) is 0.918. The van der Waals surface area contributed by atoms with E-state index in [1.54, 1.807) is 0 Å². The highest BCUT2D eigenvalue weighted by atomic mass is 32.2. The molecule has 5 heteroatoms. The molecule has 1 aromatic heterocycles. The molecule has 0 spiro atoms. The largest absolute Gasteiger partial charge is 0.387 e. The first-order valence-corrected chi connectivity index (χ1v) is 7.15. The highest BCUT2D eigenvalue weighted by Crippen LogP contribution is 2.39. The molecule has 0 bridgehead atoms. The summed E-state index contributed by atoms with van der Waals surface area (Å²) in [6.07, 6.45) is 2.39. The molecule has 1 unspecified atom stereocenters. The van der Waals surface area contributed by atoms with E-state index >= 15 is 0 Å². The molecule has 0 aliphatic carbocycles. The predicted octanol–water partition coefficient (Wildman–Crippen LogP) is 3.35. The number of nitrogens with one attached hydrogen (secondary N) is 1. The maximum Gasteiger partial charge on any atom is 0.260 e. The third-order valence-electron chi connectivity index (χ3n) is 3.09. The number of benzene rings is 1. The van der Waals surface area contributed by atoms with Crippen molar-refractivity contribution in [2.45, 2.75) is 18.1 Å². The zero-order valence-corrected chi connectivity index (χ0v) is 11.0. The molecule has 1 saturated heterocycles. The van der Waals surface area contributed by atoms with Crippen LogP contribution in [0.2, 0.25) is 0 Å². The van der Waals surface area contributed by atoms with Gasteiger partial charge in [0.15, 0.2) is 5.82 Å². The molecule has 0 radical (unpaired) electrons. The summed E-state index contributed by atoms with van der Waals surface area (Å²) in [5.41, 5.74) is 1.97. The first-order chi connectivity index (χ1) is 8.88. The second kappa shape index (κ2) is 5.02. The lowest BCUT2D eigenvalue weighted by molar-refractivity contribution is 0.421. The van der Waals surface area contributed by atoms with Gasteiger partial charge in [-0.15, -0.1) is 0 Å². The number of anilines is 1. The van der Waals surface area contributed by atoms with Crippen molar-refractivity contribution in [2.24, 2.45) is 0 Å². The number of hydrogen-bond donors (Lipinski definition) is 1. The lowest BCUT2D eigenvalue weighted by Crippen LogP contribution is -1.93. The van der Waals surface area contributed by atoms with Crippen LogP contribution in [-0.4, -0.2) is 22.9 Å². The van der Waals surface area contributed by atoms with E-state index in [4.69, 9.17) is 4.52 Å². The molecule has 0 amide bonds. The minimum atomic E-state index is 0.407. The average Bonchev–Trinajstić information content (AvgIpc) is 3.09. The number of para-hydroxylation sites is 1. The highest BCUT2D eigenvalue weighted by Gasteiger charge is 2.23. The van der Waals surface area contributed by atoms with Gasteiger partial charge in [0.1, 0.15) is 0 Å². The van der Waals surface area contributed by atoms with Crippen LogP contribution in [0.4, 0.5) is 5.69 Å². The fraction of sp³-hybridized carbons (Fsp3) is 0.385. The minimum Gasteiger partial charge on any atom is -0.387 e. The summed E-state index contributed by atoms with van der Waals surface area (Å²) < 4.78 is 5.39. The van der Waals surface area contributed by atoms with Crippen LogP contribution in [0.25, 0.3) is 11.5 Å². The topological polar surface area (TPSA) is 51.0 Å². The van der Waals surface area contributed by atoms with Gasteiger partial charge in [-0.2, -0.15) is 16.7 Å². The van der Waals surface area contributed by atoms with Gasteiger partial charge < -0.3 is 9.84 Å². The zero-order valence-electron chi connectivity index (χ0n) is 10.2. The second-order valence-electron chi connectivity index (χ2n) is 4.25. The Morgan fingerprint density at radius 1 is 1.39 bits per heavy atom. The van der Waals surface area contributed by atoms with Gasteiger partial charge in [-0.3, -0.25) is 0 Å². The van der Waals surface area contributed by atoms with Crippen LogP contribution in [0.3, 0.4) is 0 Å². The Kier molecular flexibility index (Phi) is 3.23. The van der Waals surface area contributed by atoms with Crippen molar-refractivity contribution in [2.75, 3.05) is 18.1 Å². The van der Waals surface area contributed by atoms with Crippen molar-refractivity contribution in [3.63, 3.8) is 0 Å². The number of thioether (sulfide) groups is 1. The van der Waals surface area contributed by atoms with Crippen molar-refractivity contribution in [1.29, 1.82) is 0 Å². The molecule has 2 aromatic rings. The molecule has 1 fully saturated rings. The van der Waals surface area contributed by atoms with Crippen molar-refractivity contribution in [3.05, 3.63) is 30.1 Å². The smallest absolute Gasteiger partial charge is 0.260 e. The van der Waals surface area contributed by atoms with Crippen LogP contribution >= 0.6 is 11.8 Å². The van der Waals surface area contributed by atoms with Crippen LogP contribution in [0.1, 0.15) is 23.9 Å². The third-order valence-corrected chi connectivity index (χ3v) is 4.46. The summed E-state index contributed by atoms with van der Waals surface area (Å²) in [4.78, 5) is 4.53. The van der Waals surface area contributed by atoms with Crippen LogP contribution < -0.4 is 5.32 Å². The molecule has 0 saturated carbocycles. The maximum atomic E-state index is 5.39. The molecular formula is C13H15N3OS. The Morgan fingerprint density at radius 2 is 2.28 bits per heavy atom. The second-order valence-corrected chi connectivity index (χ2v) is 5.57. The number of aromatic nitrogens is 2. The van der Waals surface area contributed by atoms with Crippen LogP contribution in [0, 0.1) is 0 Å². The molecule has 4 nitrogen and oxygen atoms in total. The standard InChI is InChI=1S/C13H15N3OS/c1-14-10-6-3-2-5-9(10)13-15-12(16-17-13)11-7-4-8-18-11/h2-3,5-6,11,14H,4,7-8H2,1H3. The van der Waals surface area contributed by atoms with E-state index < -0.39 is 0 Å². The summed E-state index contributed by atoms with van der Waals surface area (Å²) in [6.45, 7) is 0. The van der Waals surface area contributed by atoms with Crippen LogP contribution in [0.15, 0.2) is 28.8 Å². The fourth-order valence-electron chi connectivity index (χ4n) is 2.14. The lowest BCUT2D eigenvalue weighted by Gasteiger charge is -2.03. The normalized spacial score (nSPS) is 19.1. The first-order valence-electron chi connectivity index (χ1n) is 6.11. The first kappa shape index (κ1) is 11.6. The van der Waals surface area contributed by atoms with Gasteiger partial charge in [-0.25, -0.2) is 0 Å². The fourth-order valence-corrected chi connectivity index (χ4v) is 3.34. The van der Waals surface area contributed by atoms with Crippen LogP contribution in [-0.2, 0) is 0 Å². The van der Waals surface area contributed by atoms with Crippen molar-refractivity contribution >= 4 is 17.4 Å². The molecule has 1 aliphatic rings. The Bertz CT molecular complexity index is 535. The number of hydrogen-bond acceptors (Lipinski definition) is 5. The molecule has 1 atom stereocenters. The molecule has 3 rings (SSSR count). The molecular weight excluding hydrogens is 246 g/mol. The minimum absolute atomic E-state index is 0.407. The van der Waals surface area contributed by atoms with Gasteiger partial charge in [0.2, 0.25) is 0 Å². The molecule has 1 aromatic carbocycles. The molecule has 2 heterocycles. The molecule has 18 heavy (non-hydrogen) atoms. The van der Waals surface area contributed by atoms with Crippen molar-refractivity contribution in [3.8, 4) is 11.5 Å². The van der Waals surface area contributed by atoms with E-state index in [9.17, 15) is 0 Å². The maximum absolute atomic E-state index is 5.39. The predicted molar refractivity (Wildman–Crippen MR) is 73.7 cm³/mol. The van der Waals surface area contributed by atoms with E-state index in [-0.39, 0.29) is 0 Å². The van der Waals surface area contributed by atoms with Crippen LogP contribution in [0.5, 0.6) is 0 Å². The summed E-state index contributed by atoms with van der Waals surface area (Å²) in [6, 6.07) is 7.96. The Labute approximate surface area is 110 Å². The van der Waals surface area contributed by atoms with Gasteiger partial charge in [-0.05, 0) is 30.7 Å². The highest BCUT2D eigenvalue weighted by molar-refractivity contribution is 7.99. The Morgan fingerprint density at radius 3 is 3.06 bits per heavy atom. The lowest BCUT2D eigenvalue weighted by atomic mass is 10.2.